The molecule has 14 heavy (non-hydrogen) atoms. The SMILES string of the molecule is Cc1ccc(C[C@H](N)C(F)(F)F)cc1. The van der Waals surface area contributed by atoms with Crippen molar-refractivity contribution in [2.45, 2.75) is 25.6 Å². The van der Waals surface area contributed by atoms with Gasteiger partial charge in [0.1, 0.15) is 6.04 Å². The van der Waals surface area contributed by atoms with Crippen LogP contribution in [0, 0.1) is 6.92 Å². The number of halogens is 3. The molecule has 0 saturated heterocycles. The highest BCUT2D eigenvalue weighted by atomic mass is 19.4. The van der Waals surface area contributed by atoms with Gasteiger partial charge in [-0.1, -0.05) is 29.8 Å². The highest BCUT2D eigenvalue weighted by molar-refractivity contribution is 5.22. The van der Waals surface area contributed by atoms with Crippen LogP contribution in [0.25, 0.3) is 0 Å². The first-order valence-electron chi connectivity index (χ1n) is 4.27. The number of nitrogens with two attached hydrogens (primary N) is 1. The van der Waals surface area contributed by atoms with E-state index in [9.17, 15) is 13.2 Å². The van der Waals surface area contributed by atoms with Crippen LogP contribution < -0.4 is 5.73 Å². The van der Waals surface area contributed by atoms with Crippen molar-refractivity contribution in [1.82, 2.24) is 0 Å². The molecular formula is C10H12F3N. The molecule has 0 aliphatic rings. The average Bonchev–Trinajstić information content (AvgIpc) is 2.07. The Hall–Kier alpha value is -1.03. The van der Waals surface area contributed by atoms with E-state index in [1.165, 1.54) is 0 Å². The van der Waals surface area contributed by atoms with Gasteiger partial charge in [-0.25, -0.2) is 0 Å². The lowest BCUT2D eigenvalue weighted by molar-refractivity contribution is -0.147. The van der Waals surface area contributed by atoms with Gasteiger partial charge in [0.2, 0.25) is 0 Å². The molecule has 0 aromatic heterocycles. The number of rotatable bonds is 2. The van der Waals surface area contributed by atoms with Crippen LogP contribution in [0.3, 0.4) is 0 Å². The van der Waals surface area contributed by atoms with E-state index in [4.69, 9.17) is 5.73 Å². The second-order valence-electron chi connectivity index (χ2n) is 3.34. The standard InChI is InChI=1S/C10H12F3N/c1-7-2-4-8(5-3-7)6-9(14)10(11,12)13/h2-5,9H,6,14H2,1H3/t9-/m0/s1. The molecule has 2 N–H and O–H groups in total. The van der Waals surface area contributed by atoms with E-state index in [-0.39, 0.29) is 6.42 Å². The summed E-state index contributed by atoms with van der Waals surface area (Å²) in [6.07, 6.45) is -4.48. The highest BCUT2D eigenvalue weighted by Crippen LogP contribution is 2.21. The Kier molecular flexibility index (Phi) is 3.16. The molecule has 1 rings (SSSR count). The van der Waals surface area contributed by atoms with Gasteiger partial charge in [-0.15, -0.1) is 0 Å². The molecule has 0 spiro atoms. The second kappa shape index (κ2) is 4.00. The Balaban J connectivity index is 2.65. The van der Waals surface area contributed by atoms with Crippen molar-refractivity contribution in [2.75, 3.05) is 0 Å². The number of hydrogen-bond donors (Lipinski definition) is 1. The Morgan fingerprint density at radius 1 is 1.21 bits per heavy atom. The van der Waals surface area contributed by atoms with Crippen LogP contribution in [0.15, 0.2) is 24.3 Å². The lowest BCUT2D eigenvalue weighted by Gasteiger charge is -2.15. The van der Waals surface area contributed by atoms with E-state index in [2.05, 4.69) is 0 Å². The van der Waals surface area contributed by atoms with Crippen molar-refractivity contribution >= 4 is 0 Å². The molecule has 1 aromatic rings. The van der Waals surface area contributed by atoms with E-state index in [0.29, 0.717) is 5.56 Å². The molecule has 0 bridgehead atoms. The molecule has 1 atom stereocenters. The smallest absolute Gasteiger partial charge is 0.320 e. The van der Waals surface area contributed by atoms with Gasteiger partial charge in [0.25, 0.3) is 0 Å². The normalized spacial score (nSPS) is 14.1. The predicted octanol–water partition coefficient (Wildman–Crippen LogP) is 2.43. The minimum Gasteiger partial charge on any atom is -0.320 e. The highest BCUT2D eigenvalue weighted by Gasteiger charge is 2.36. The van der Waals surface area contributed by atoms with Gasteiger partial charge in [0.05, 0.1) is 0 Å². The zero-order valence-electron chi connectivity index (χ0n) is 7.81. The van der Waals surface area contributed by atoms with Crippen LogP contribution in [-0.4, -0.2) is 12.2 Å². The Morgan fingerprint density at radius 2 is 1.71 bits per heavy atom. The van der Waals surface area contributed by atoms with Crippen molar-refractivity contribution < 1.29 is 13.2 Å². The van der Waals surface area contributed by atoms with Crippen LogP contribution in [-0.2, 0) is 6.42 Å². The van der Waals surface area contributed by atoms with Gasteiger partial charge in [-0.05, 0) is 18.9 Å². The van der Waals surface area contributed by atoms with E-state index in [0.717, 1.165) is 5.56 Å². The maximum absolute atomic E-state index is 12.1. The molecule has 78 valence electrons. The first kappa shape index (κ1) is 11.0. The molecular weight excluding hydrogens is 191 g/mol. The van der Waals surface area contributed by atoms with Crippen LogP contribution in [0.4, 0.5) is 13.2 Å². The van der Waals surface area contributed by atoms with Gasteiger partial charge < -0.3 is 5.73 Å². The summed E-state index contributed by atoms with van der Waals surface area (Å²) in [6.45, 7) is 1.88. The Bertz CT molecular complexity index is 289. The summed E-state index contributed by atoms with van der Waals surface area (Å²) in [5.41, 5.74) is 6.63. The quantitative estimate of drug-likeness (QED) is 0.784. The Labute approximate surface area is 80.7 Å². The van der Waals surface area contributed by atoms with Gasteiger partial charge in [-0.2, -0.15) is 13.2 Å². The van der Waals surface area contributed by atoms with Crippen molar-refractivity contribution in [3.63, 3.8) is 0 Å². The summed E-state index contributed by atoms with van der Waals surface area (Å²) in [6, 6.07) is 5.11. The number of aryl methyl sites for hydroxylation is 1. The van der Waals surface area contributed by atoms with Crippen LogP contribution in [0.1, 0.15) is 11.1 Å². The molecule has 0 aliphatic carbocycles. The summed E-state index contributed by atoms with van der Waals surface area (Å²) >= 11 is 0. The van der Waals surface area contributed by atoms with Gasteiger partial charge >= 0.3 is 6.18 Å². The molecule has 1 aromatic carbocycles. The number of alkyl halides is 3. The van der Waals surface area contributed by atoms with Gasteiger partial charge in [-0.3, -0.25) is 0 Å². The molecule has 0 aliphatic heterocycles. The molecule has 0 radical (unpaired) electrons. The van der Waals surface area contributed by atoms with Gasteiger partial charge in [0.15, 0.2) is 0 Å². The lowest BCUT2D eigenvalue weighted by atomic mass is 10.1. The van der Waals surface area contributed by atoms with E-state index in [1.54, 1.807) is 24.3 Å². The first-order valence-corrected chi connectivity index (χ1v) is 4.27. The minimum atomic E-state index is -4.31. The lowest BCUT2D eigenvalue weighted by Crippen LogP contribution is -2.39. The van der Waals surface area contributed by atoms with Crippen LogP contribution in [0.2, 0.25) is 0 Å². The van der Waals surface area contributed by atoms with Crippen molar-refractivity contribution in [1.29, 1.82) is 0 Å². The van der Waals surface area contributed by atoms with Crippen LogP contribution in [0.5, 0.6) is 0 Å². The largest absolute Gasteiger partial charge is 0.403 e. The summed E-state index contributed by atoms with van der Waals surface area (Å²) in [4.78, 5) is 0. The summed E-state index contributed by atoms with van der Waals surface area (Å²) in [5, 5.41) is 0. The van der Waals surface area contributed by atoms with Crippen molar-refractivity contribution in [2.24, 2.45) is 5.73 Å². The number of benzene rings is 1. The zero-order chi connectivity index (χ0) is 10.8. The predicted molar refractivity (Wildman–Crippen MR) is 48.9 cm³/mol. The molecule has 0 amide bonds. The molecule has 1 nitrogen and oxygen atoms in total. The van der Waals surface area contributed by atoms with E-state index >= 15 is 0 Å². The number of hydrogen-bond acceptors (Lipinski definition) is 1. The van der Waals surface area contributed by atoms with Crippen LogP contribution >= 0.6 is 0 Å². The first-order chi connectivity index (χ1) is 6.39. The summed E-state index contributed by atoms with van der Waals surface area (Å²) in [7, 11) is 0. The maximum atomic E-state index is 12.1. The third-order valence-electron chi connectivity index (χ3n) is 2.00. The zero-order valence-corrected chi connectivity index (χ0v) is 7.81. The van der Waals surface area contributed by atoms with E-state index < -0.39 is 12.2 Å². The molecule has 0 fully saturated rings. The topological polar surface area (TPSA) is 26.0 Å². The fourth-order valence-corrected chi connectivity index (χ4v) is 1.09. The molecule has 4 heteroatoms. The van der Waals surface area contributed by atoms with Crippen molar-refractivity contribution in [3.05, 3.63) is 35.4 Å². The van der Waals surface area contributed by atoms with Gasteiger partial charge in [0, 0.05) is 0 Å². The van der Waals surface area contributed by atoms with Crippen molar-refractivity contribution in [3.8, 4) is 0 Å². The molecule has 0 saturated carbocycles. The second-order valence-corrected chi connectivity index (χ2v) is 3.34. The molecule has 0 unspecified atom stereocenters. The van der Waals surface area contributed by atoms with E-state index in [1.807, 2.05) is 6.92 Å². The minimum absolute atomic E-state index is 0.163. The molecule has 0 heterocycles. The summed E-state index contributed by atoms with van der Waals surface area (Å²) in [5.74, 6) is 0. The third kappa shape index (κ3) is 3.03. The third-order valence-corrected chi connectivity index (χ3v) is 2.00. The average molecular weight is 203 g/mol. The monoisotopic (exact) mass is 203 g/mol. The Morgan fingerprint density at radius 3 is 2.14 bits per heavy atom. The maximum Gasteiger partial charge on any atom is 0.403 e. The summed E-state index contributed by atoms with van der Waals surface area (Å²) < 4.78 is 36.3. The fourth-order valence-electron chi connectivity index (χ4n) is 1.09. The fraction of sp³-hybridized carbons (Fsp3) is 0.400.